The molecule has 2 rings (SSSR count). The molecule has 0 aliphatic rings. The monoisotopic (exact) mass is 304 g/mol. The lowest BCUT2D eigenvalue weighted by molar-refractivity contribution is -0.133. The first-order chi connectivity index (χ1) is 10.1. The van der Waals surface area contributed by atoms with Crippen LogP contribution in [0.25, 0.3) is 0 Å². The van der Waals surface area contributed by atoms with Gasteiger partial charge < -0.3 is 9.47 Å². The van der Waals surface area contributed by atoms with Crippen molar-refractivity contribution < 1.29 is 19.1 Å². The van der Waals surface area contributed by atoms with E-state index >= 15 is 0 Å². The Hall–Kier alpha value is -2.33. The zero-order valence-corrected chi connectivity index (χ0v) is 12.0. The van der Waals surface area contributed by atoms with Gasteiger partial charge in [0.1, 0.15) is 11.5 Å². The van der Waals surface area contributed by atoms with Crippen LogP contribution in [0.5, 0.6) is 11.5 Å². The minimum Gasteiger partial charge on any atom is -0.497 e. The zero-order valence-electron chi connectivity index (χ0n) is 11.3. The Morgan fingerprint density at radius 1 is 1.00 bits per heavy atom. The average Bonchev–Trinajstić information content (AvgIpc) is 2.54. The number of esters is 1. The highest BCUT2D eigenvalue weighted by atomic mass is 35.5. The van der Waals surface area contributed by atoms with E-state index in [1.807, 2.05) is 0 Å². The first-order valence-electron chi connectivity index (χ1n) is 6.21. The molecule has 0 aliphatic carbocycles. The maximum atomic E-state index is 12.0. The molecular weight excluding hydrogens is 292 g/mol. The minimum atomic E-state index is -1.39. The Morgan fingerprint density at radius 2 is 1.67 bits per heavy atom. The van der Waals surface area contributed by atoms with Crippen LogP contribution in [0.15, 0.2) is 54.6 Å². The summed E-state index contributed by atoms with van der Waals surface area (Å²) in [4.78, 5) is 24.0. The second kappa shape index (κ2) is 6.90. The average molecular weight is 305 g/mol. The molecule has 1 atom stereocenters. The van der Waals surface area contributed by atoms with Gasteiger partial charge in [0.05, 0.1) is 7.11 Å². The highest BCUT2D eigenvalue weighted by Crippen LogP contribution is 2.20. The normalized spacial score (nSPS) is 11.5. The van der Waals surface area contributed by atoms with Gasteiger partial charge in [-0.2, -0.15) is 0 Å². The molecule has 5 heteroatoms. The topological polar surface area (TPSA) is 52.6 Å². The highest BCUT2D eigenvalue weighted by molar-refractivity contribution is 6.43. The van der Waals surface area contributed by atoms with E-state index in [1.165, 1.54) is 13.2 Å². The van der Waals surface area contributed by atoms with E-state index in [0.29, 0.717) is 11.3 Å². The summed E-state index contributed by atoms with van der Waals surface area (Å²) >= 11 is 5.88. The first-order valence-corrected chi connectivity index (χ1v) is 6.64. The molecule has 1 unspecified atom stereocenters. The van der Waals surface area contributed by atoms with Gasteiger partial charge in [-0.1, -0.05) is 36.4 Å². The standard InChI is InChI=1S/C16H13ClO4/c1-20-12-8-5-9-13(10-12)21-16(19)14(17)15(18)11-6-3-2-4-7-11/h2-10,14H,1H3. The Labute approximate surface area is 127 Å². The molecule has 0 aromatic heterocycles. The van der Waals surface area contributed by atoms with Crippen LogP contribution in [-0.4, -0.2) is 24.2 Å². The smallest absolute Gasteiger partial charge is 0.337 e. The van der Waals surface area contributed by atoms with Gasteiger partial charge in [0.25, 0.3) is 0 Å². The number of carbonyl (C=O) groups excluding carboxylic acids is 2. The van der Waals surface area contributed by atoms with Crippen molar-refractivity contribution in [3.05, 3.63) is 60.2 Å². The Kier molecular flexibility index (Phi) is 4.95. The number of halogens is 1. The number of rotatable bonds is 5. The van der Waals surface area contributed by atoms with Crippen LogP contribution in [0.1, 0.15) is 10.4 Å². The second-order valence-electron chi connectivity index (χ2n) is 4.19. The summed E-state index contributed by atoms with van der Waals surface area (Å²) in [5.74, 6) is -0.504. The Morgan fingerprint density at radius 3 is 2.33 bits per heavy atom. The molecule has 4 nitrogen and oxygen atoms in total. The molecular formula is C16H13ClO4. The summed E-state index contributed by atoms with van der Waals surface area (Å²) in [6.45, 7) is 0. The molecule has 2 aromatic rings. The number of benzene rings is 2. The van der Waals surface area contributed by atoms with Gasteiger partial charge in [0.2, 0.25) is 0 Å². The molecule has 108 valence electrons. The lowest BCUT2D eigenvalue weighted by Gasteiger charge is -2.09. The number of hydrogen-bond acceptors (Lipinski definition) is 4. The SMILES string of the molecule is COc1cccc(OC(=O)C(Cl)C(=O)c2ccccc2)c1. The lowest BCUT2D eigenvalue weighted by Crippen LogP contribution is -2.29. The fourth-order valence-corrected chi connectivity index (χ4v) is 1.86. The molecule has 0 N–H and O–H groups in total. The lowest BCUT2D eigenvalue weighted by atomic mass is 10.1. The minimum absolute atomic E-state index is 0.269. The summed E-state index contributed by atoms with van der Waals surface area (Å²) in [5.41, 5.74) is 0.361. The van der Waals surface area contributed by atoms with E-state index in [4.69, 9.17) is 21.1 Å². The largest absolute Gasteiger partial charge is 0.497 e. The second-order valence-corrected chi connectivity index (χ2v) is 4.63. The van der Waals surface area contributed by atoms with Crippen molar-refractivity contribution in [2.75, 3.05) is 7.11 Å². The molecule has 0 radical (unpaired) electrons. The van der Waals surface area contributed by atoms with Crippen LogP contribution < -0.4 is 9.47 Å². The predicted molar refractivity (Wildman–Crippen MR) is 79.0 cm³/mol. The van der Waals surface area contributed by atoms with E-state index in [2.05, 4.69) is 0 Å². The molecule has 0 bridgehead atoms. The van der Waals surface area contributed by atoms with Crippen molar-refractivity contribution >= 4 is 23.4 Å². The van der Waals surface area contributed by atoms with Crippen LogP contribution in [-0.2, 0) is 4.79 Å². The van der Waals surface area contributed by atoms with Crippen LogP contribution in [0, 0.1) is 0 Å². The number of Topliss-reactive ketones (excluding diaryl/α,β-unsaturated/α-hetero) is 1. The molecule has 0 fully saturated rings. The fourth-order valence-electron chi connectivity index (χ4n) is 1.69. The molecule has 0 heterocycles. The summed E-state index contributed by atoms with van der Waals surface area (Å²) < 4.78 is 10.1. The predicted octanol–water partition coefficient (Wildman–Crippen LogP) is 3.09. The Bertz CT molecular complexity index is 640. The van der Waals surface area contributed by atoms with Crippen molar-refractivity contribution in [1.82, 2.24) is 0 Å². The zero-order chi connectivity index (χ0) is 15.2. The van der Waals surface area contributed by atoms with Crippen molar-refractivity contribution in [3.8, 4) is 11.5 Å². The van der Waals surface area contributed by atoms with Crippen LogP contribution in [0.3, 0.4) is 0 Å². The molecule has 0 spiro atoms. The highest BCUT2D eigenvalue weighted by Gasteiger charge is 2.27. The number of ketones is 1. The first kappa shape index (κ1) is 15.1. The molecule has 0 amide bonds. The number of carbonyl (C=O) groups is 2. The Balaban J connectivity index is 2.07. The molecule has 21 heavy (non-hydrogen) atoms. The van der Waals surface area contributed by atoms with Gasteiger partial charge in [-0.05, 0) is 12.1 Å². The van der Waals surface area contributed by atoms with Crippen LogP contribution >= 0.6 is 11.6 Å². The van der Waals surface area contributed by atoms with E-state index in [0.717, 1.165) is 0 Å². The number of hydrogen-bond donors (Lipinski definition) is 0. The summed E-state index contributed by atoms with van der Waals surface area (Å²) in [6.07, 6.45) is 0. The van der Waals surface area contributed by atoms with E-state index in [9.17, 15) is 9.59 Å². The fraction of sp³-hybridized carbons (Fsp3) is 0.125. The van der Waals surface area contributed by atoms with Crippen molar-refractivity contribution in [3.63, 3.8) is 0 Å². The molecule has 0 aliphatic heterocycles. The van der Waals surface area contributed by atoms with Gasteiger partial charge in [-0.15, -0.1) is 11.6 Å². The third kappa shape index (κ3) is 3.83. The maximum absolute atomic E-state index is 12.0. The summed E-state index contributed by atoms with van der Waals surface area (Å²) in [5, 5.41) is -1.39. The van der Waals surface area contributed by atoms with E-state index in [-0.39, 0.29) is 5.75 Å². The number of alkyl halides is 1. The third-order valence-electron chi connectivity index (χ3n) is 2.76. The van der Waals surface area contributed by atoms with Crippen molar-refractivity contribution in [2.24, 2.45) is 0 Å². The van der Waals surface area contributed by atoms with Gasteiger partial charge in [0, 0.05) is 11.6 Å². The van der Waals surface area contributed by atoms with Gasteiger partial charge in [0.15, 0.2) is 11.2 Å². The van der Waals surface area contributed by atoms with E-state index in [1.54, 1.807) is 48.5 Å². The summed E-state index contributed by atoms with van der Waals surface area (Å²) in [7, 11) is 1.50. The molecule has 2 aromatic carbocycles. The van der Waals surface area contributed by atoms with Gasteiger partial charge in [-0.3, -0.25) is 4.79 Å². The van der Waals surface area contributed by atoms with Crippen molar-refractivity contribution in [1.29, 1.82) is 0 Å². The quantitative estimate of drug-likeness (QED) is 0.280. The summed E-state index contributed by atoms with van der Waals surface area (Å²) in [6, 6.07) is 14.9. The van der Waals surface area contributed by atoms with E-state index < -0.39 is 17.1 Å². The maximum Gasteiger partial charge on any atom is 0.337 e. The number of methoxy groups -OCH3 is 1. The molecule has 0 saturated carbocycles. The third-order valence-corrected chi connectivity index (χ3v) is 3.13. The van der Waals surface area contributed by atoms with Crippen LogP contribution in [0.2, 0.25) is 0 Å². The molecule has 0 saturated heterocycles. The number of ether oxygens (including phenoxy) is 2. The van der Waals surface area contributed by atoms with Gasteiger partial charge in [-0.25, -0.2) is 4.79 Å². The van der Waals surface area contributed by atoms with Crippen LogP contribution in [0.4, 0.5) is 0 Å². The van der Waals surface area contributed by atoms with Crippen molar-refractivity contribution in [2.45, 2.75) is 5.38 Å². The van der Waals surface area contributed by atoms with Gasteiger partial charge >= 0.3 is 5.97 Å².